The molecule has 0 bridgehead atoms. The van der Waals surface area contributed by atoms with Gasteiger partial charge >= 0.3 is 0 Å². The largest absolute Gasteiger partial charge is 0.389 e. The van der Waals surface area contributed by atoms with E-state index in [9.17, 15) is 5.11 Å². The Balaban J connectivity index is 1.46. The molecule has 3 heteroatoms. The number of hydrogen-bond donors (Lipinski definition) is 1. The van der Waals surface area contributed by atoms with Gasteiger partial charge in [0, 0.05) is 40.6 Å². The number of aliphatic hydroxyl groups is 1. The molecule has 136 valence electrons. The molecule has 0 saturated heterocycles. The third-order valence-electron chi connectivity index (χ3n) is 5.71. The first-order valence-electron chi connectivity index (χ1n) is 9.78. The zero-order chi connectivity index (χ0) is 18.2. The maximum absolute atomic E-state index is 11.0. The number of nitrogens with zero attached hydrogens (tertiary/aromatic N) is 2. The Labute approximate surface area is 159 Å². The SMILES string of the molecule is O[C@H](CN1CCCc2ccccc21)Cn1c2ccccc2c2ccccc21. The maximum Gasteiger partial charge on any atom is 0.0893 e. The van der Waals surface area contributed by atoms with Crippen molar-refractivity contribution in [2.45, 2.75) is 25.5 Å². The fourth-order valence-electron chi connectivity index (χ4n) is 4.52. The summed E-state index contributed by atoms with van der Waals surface area (Å²) in [6.07, 6.45) is 1.87. The van der Waals surface area contributed by atoms with Crippen LogP contribution < -0.4 is 4.90 Å². The molecule has 3 aromatic carbocycles. The van der Waals surface area contributed by atoms with Crippen molar-refractivity contribution in [3.8, 4) is 0 Å². The number of β-amino-alcohol motifs (C(OH)–C–C–N with tert-alkyl or cyclic N) is 1. The van der Waals surface area contributed by atoms with Gasteiger partial charge in [-0.15, -0.1) is 0 Å². The van der Waals surface area contributed by atoms with E-state index in [0.29, 0.717) is 13.1 Å². The molecule has 5 rings (SSSR count). The molecule has 0 aliphatic carbocycles. The van der Waals surface area contributed by atoms with Gasteiger partial charge in [0.25, 0.3) is 0 Å². The number of para-hydroxylation sites is 3. The van der Waals surface area contributed by atoms with E-state index in [4.69, 9.17) is 0 Å². The molecule has 1 aliphatic rings. The average Bonchev–Trinajstić information content (AvgIpc) is 3.02. The van der Waals surface area contributed by atoms with Gasteiger partial charge in [-0.05, 0) is 36.6 Å². The van der Waals surface area contributed by atoms with Crippen LogP contribution in [0.2, 0.25) is 0 Å². The van der Waals surface area contributed by atoms with E-state index in [2.05, 4.69) is 82.3 Å². The first kappa shape index (κ1) is 16.4. The van der Waals surface area contributed by atoms with Gasteiger partial charge in [0.15, 0.2) is 0 Å². The number of hydrogen-bond acceptors (Lipinski definition) is 2. The number of aryl methyl sites for hydroxylation is 1. The molecule has 1 atom stereocenters. The van der Waals surface area contributed by atoms with E-state index < -0.39 is 6.10 Å². The maximum atomic E-state index is 11.0. The van der Waals surface area contributed by atoms with Crippen molar-refractivity contribution in [3.05, 3.63) is 78.4 Å². The standard InChI is InChI=1S/C24H24N2O/c27-19(16-25-15-7-9-18-8-1-4-12-22(18)25)17-26-23-13-5-2-10-20(23)21-11-3-6-14-24(21)26/h1-6,8,10-14,19,27H,7,9,15-17H2/t19-/m1/s1. The number of aromatic nitrogens is 1. The van der Waals surface area contributed by atoms with Crippen LogP contribution in [0.25, 0.3) is 21.8 Å². The monoisotopic (exact) mass is 356 g/mol. The highest BCUT2D eigenvalue weighted by Crippen LogP contribution is 2.30. The van der Waals surface area contributed by atoms with Crippen molar-refractivity contribution in [2.24, 2.45) is 0 Å². The molecule has 27 heavy (non-hydrogen) atoms. The summed E-state index contributed by atoms with van der Waals surface area (Å²) in [5.74, 6) is 0. The van der Waals surface area contributed by atoms with Gasteiger partial charge in [0.2, 0.25) is 0 Å². The number of fused-ring (bicyclic) bond motifs is 4. The molecule has 0 spiro atoms. The molecule has 2 heterocycles. The molecular weight excluding hydrogens is 332 g/mol. The van der Waals surface area contributed by atoms with Crippen LogP contribution in [-0.4, -0.2) is 28.9 Å². The first-order valence-corrected chi connectivity index (χ1v) is 9.78. The third kappa shape index (κ3) is 2.88. The zero-order valence-electron chi connectivity index (χ0n) is 15.4. The van der Waals surface area contributed by atoms with Gasteiger partial charge in [0.05, 0.1) is 12.6 Å². The van der Waals surface area contributed by atoms with E-state index in [1.54, 1.807) is 0 Å². The molecule has 0 unspecified atom stereocenters. The predicted molar refractivity (Wildman–Crippen MR) is 112 cm³/mol. The fraction of sp³-hybridized carbons (Fsp3) is 0.250. The highest BCUT2D eigenvalue weighted by Gasteiger charge is 2.20. The Morgan fingerprint density at radius 2 is 1.41 bits per heavy atom. The van der Waals surface area contributed by atoms with Crippen LogP contribution >= 0.6 is 0 Å². The quantitative estimate of drug-likeness (QED) is 0.578. The van der Waals surface area contributed by atoms with Crippen LogP contribution in [0, 0.1) is 0 Å². The van der Waals surface area contributed by atoms with Gasteiger partial charge in [-0.1, -0.05) is 54.6 Å². The lowest BCUT2D eigenvalue weighted by molar-refractivity contribution is 0.161. The van der Waals surface area contributed by atoms with E-state index in [-0.39, 0.29) is 0 Å². The molecule has 0 radical (unpaired) electrons. The number of aliphatic hydroxyl groups excluding tert-OH is 1. The lowest BCUT2D eigenvalue weighted by atomic mass is 10.0. The molecule has 0 saturated carbocycles. The smallest absolute Gasteiger partial charge is 0.0893 e. The minimum absolute atomic E-state index is 0.421. The van der Waals surface area contributed by atoms with Crippen LogP contribution in [0.1, 0.15) is 12.0 Å². The summed E-state index contributed by atoms with van der Waals surface area (Å²) in [6, 6.07) is 25.5. The summed E-state index contributed by atoms with van der Waals surface area (Å²) < 4.78 is 2.27. The fourth-order valence-corrected chi connectivity index (χ4v) is 4.52. The van der Waals surface area contributed by atoms with E-state index in [1.165, 1.54) is 33.1 Å². The van der Waals surface area contributed by atoms with Crippen molar-refractivity contribution < 1.29 is 5.11 Å². The van der Waals surface area contributed by atoms with Crippen molar-refractivity contribution >= 4 is 27.5 Å². The third-order valence-corrected chi connectivity index (χ3v) is 5.71. The topological polar surface area (TPSA) is 28.4 Å². The molecular formula is C24H24N2O. The Bertz CT molecular complexity index is 1040. The summed E-state index contributed by atoms with van der Waals surface area (Å²) in [7, 11) is 0. The van der Waals surface area contributed by atoms with Crippen LogP contribution in [0.4, 0.5) is 5.69 Å². The lowest BCUT2D eigenvalue weighted by Crippen LogP contribution is -2.38. The van der Waals surface area contributed by atoms with Crippen LogP contribution in [0.3, 0.4) is 0 Å². The van der Waals surface area contributed by atoms with Crippen LogP contribution in [-0.2, 0) is 13.0 Å². The van der Waals surface area contributed by atoms with Gasteiger partial charge in [-0.3, -0.25) is 0 Å². The molecule has 1 aliphatic heterocycles. The average molecular weight is 356 g/mol. The molecule has 0 amide bonds. The van der Waals surface area contributed by atoms with E-state index in [0.717, 1.165) is 19.4 Å². The number of rotatable bonds is 4. The summed E-state index contributed by atoms with van der Waals surface area (Å²) >= 11 is 0. The Hall–Kier alpha value is -2.78. The highest BCUT2D eigenvalue weighted by atomic mass is 16.3. The summed E-state index contributed by atoms with van der Waals surface area (Å²) in [5.41, 5.74) is 5.06. The van der Waals surface area contributed by atoms with Gasteiger partial charge in [0.1, 0.15) is 0 Å². The molecule has 0 fully saturated rings. The Morgan fingerprint density at radius 3 is 2.15 bits per heavy atom. The minimum atomic E-state index is -0.421. The summed E-state index contributed by atoms with van der Waals surface area (Å²) in [6.45, 7) is 2.28. The molecule has 3 nitrogen and oxygen atoms in total. The normalized spacial score (nSPS) is 15.2. The second-order valence-corrected chi connectivity index (χ2v) is 7.48. The van der Waals surface area contributed by atoms with Crippen LogP contribution in [0.5, 0.6) is 0 Å². The van der Waals surface area contributed by atoms with Crippen molar-refractivity contribution in [1.29, 1.82) is 0 Å². The molecule has 1 N–H and O–H groups in total. The summed E-state index contributed by atoms with van der Waals surface area (Å²) in [5, 5.41) is 13.5. The van der Waals surface area contributed by atoms with Crippen molar-refractivity contribution in [2.75, 3.05) is 18.0 Å². The minimum Gasteiger partial charge on any atom is -0.389 e. The van der Waals surface area contributed by atoms with Crippen molar-refractivity contribution in [3.63, 3.8) is 0 Å². The first-order chi connectivity index (χ1) is 13.3. The van der Waals surface area contributed by atoms with Gasteiger partial charge < -0.3 is 14.6 Å². The van der Waals surface area contributed by atoms with Crippen molar-refractivity contribution in [1.82, 2.24) is 4.57 Å². The molecule has 1 aromatic heterocycles. The van der Waals surface area contributed by atoms with E-state index >= 15 is 0 Å². The van der Waals surface area contributed by atoms with Gasteiger partial charge in [-0.25, -0.2) is 0 Å². The summed E-state index contributed by atoms with van der Waals surface area (Å²) in [4.78, 5) is 2.34. The van der Waals surface area contributed by atoms with E-state index in [1.807, 2.05) is 0 Å². The highest BCUT2D eigenvalue weighted by molar-refractivity contribution is 6.07. The molecule has 4 aromatic rings. The number of anilines is 1. The lowest BCUT2D eigenvalue weighted by Gasteiger charge is -2.33. The van der Waals surface area contributed by atoms with Crippen LogP contribution in [0.15, 0.2) is 72.8 Å². The number of benzene rings is 3. The second-order valence-electron chi connectivity index (χ2n) is 7.48. The van der Waals surface area contributed by atoms with Gasteiger partial charge in [-0.2, -0.15) is 0 Å². The predicted octanol–water partition coefficient (Wildman–Crippen LogP) is 4.61. The zero-order valence-corrected chi connectivity index (χ0v) is 15.4. The Morgan fingerprint density at radius 1 is 0.778 bits per heavy atom. The second kappa shape index (κ2) is 6.75. The Kier molecular flexibility index (Phi) is 4.10.